The van der Waals surface area contributed by atoms with Gasteiger partial charge in [0, 0.05) is 48.6 Å². The Hall–Kier alpha value is -3.44. The molecule has 0 radical (unpaired) electrons. The van der Waals surface area contributed by atoms with Gasteiger partial charge in [-0.05, 0) is 36.2 Å². The van der Waals surface area contributed by atoms with Crippen molar-refractivity contribution in [3.8, 4) is 11.3 Å². The molecular weight excluding hydrogens is 548 g/mol. The van der Waals surface area contributed by atoms with Crippen LogP contribution in [0.1, 0.15) is 32.1 Å². The van der Waals surface area contributed by atoms with Crippen LogP contribution in [0.2, 0.25) is 0 Å². The van der Waals surface area contributed by atoms with Crippen molar-refractivity contribution in [1.29, 1.82) is 0 Å². The number of carbonyl (C=O) groups excluding carboxylic acids is 1. The molecule has 40 heavy (non-hydrogen) atoms. The Labute approximate surface area is 242 Å². The summed E-state index contributed by atoms with van der Waals surface area (Å²) in [6, 6.07) is 15.7. The predicted octanol–water partition coefficient (Wildman–Crippen LogP) is 6.44. The average Bonchev–Trinajstić information content (AvgIpc) is 3.63. The maximum Gasteiger partial charge on any atom is 0.324 e. The molecule has 2 N–H and O–H groups in total. The van der Waals surface area contributed by atoms with Gasteiger partial charge < -0.3 is 14.6 Å². The number of hydrogen-bond acceptors (Lipinski definition) is 7. The van der Waals surface area contributed by atoms with Crippen LogP contribution in [-0.2, 0) is 16.6 Å². The highest BCUT2D eigenvalue weighted by molar-refractivity contribution is 7.23. The second kappa shape index (κ2) is 11.6. The van der Waals surface area contributed by atoms with E-state index in [0.717, 1.165) is 55.5 Å². The number of carbonyl (C=O) groups is 1. The highest BCUT2D eigenvalue weighted by atomic mass is 35.5. The lowest BCUT2D eigenvalue weighted by Gasteiger charge is -2.26. The highest BCUT2D eigenvalue weighted by Crippen LogP contribution is 2.31. The number of urea groups is 1. The van der Waals surface area contributed by atoms with Gasteiger partial charge >= 0.3 is 6.03 Å². The Morgan fingerprint density at radius 1 is 1.05 bits per heavy atom. The number of aromatic nitrogens is 3. The molecule has 1 aliphatic rings. The summed E-state index contributed by atoms with van der Waals surface area (Å²) in [5, 5.41) is 9.47. The Bertz CT molecular complexity index is 1610. The molecule has 4 heterocycles. The molecule has 0 unspecified atom stereocenters. The summed E-state index contributed by atoms with van der Waals surface area (Å²) >= 11 is 1.71. The van der Waals surface area contributed by atoms with Crippen LogP contribution in [-0.4, -0.2) is 58.3 Å². The van der Waals surface area contributed by atoms with Crippen molar-refractivity contribution in [3.05, 3.63) is 66.1 Å². The average molecular weight is 581 g/mol. The number of thiazole rings is 1. The SMILES string of the molecule is CC(C)(C)c1cc(NC(=O)Nc2ccc(-c3cn4c(n3)sc3cc(CCN5CCOCC5)ccc34)cc2)no1.Cl. The molecule has 0 saturated carbocycles. The van der Waals surface area contributed by atoms with E-state index in [0.29, 0.717) is 17.3 Å². The number of anilines is 2. The summed E-state index contributed by atoms with van der Waals surface area (Å²) < 4.78 is 14.2. The van der Waals surface area contributed by atoms with Crippen molar-refractivity contribution in [3.63, 3.8) is 0 Å². The summed E-state index contributed by atoms with van der Waals surface area (Å²) in [6.07, 6.45) is 3.12. The maximum atomic E-state index is 12.4. The predicted molar refractivity (Wildman–Crippen MR) is 162 cm³/mol. The van der Waals surface area contributed by atoms with Crippen molar-refractivity contribution in [2.45, 2.75) is 32.6 Å². The van der Waals surface area contributed by atoms with Crippen molar-refractivity contribution < 1.29 is 14.1 Å². The number of morpholine rings is 1. The van der Waals surface area contributed by atoms with Gasteiger partial charge in [0.05, 0.1) is 29.1 Å². The van der Waals surface area contributed by atoms with Crippen molar-refractivity contribution in [2.24, 2.45) is 0 Å². The number of amides is 2. The largest absolute Gasteiger partial charge is 0.379 e. The minimum absolute atomic E-state index is 0. The van der Waals surface area contributed by atoms with Crippen molar-refractivity contribution >= 4 is 56.5 Å². The fourth-order valence-electron chi connectivity index (χ4n) is 4.64. The van der Waals surface area contributed by atoms with Crippen LogP contribution in [0.5, 0.6) is 0 Å². The van der Waals surface area contributed by atoms with Gasteiger partial charge in [-0.15, -0.1) is 12.4 Å². The Morgan fingerprint density at radius 2 is 1.82 bits per heavy atom. The quantitative estimate of drug-likeness (QED) is 0.240. The first-order valence-electron chi connectivity index (χ1n) is 13.2. The number of ether oxygens (including phenoxy) is 1. The molecule has 0 bridgehead atoms. The lowest BCUT2D eigenvalue weighted by Crippen LogP contribution is -2.37. The molecule has 0 aliphatic carbocycles. The molecule has 11 heteroatoms. The van der Waals surface area contributed by atoms with E-state index in [-0.39, 0.29) is 23.9 Å². The van der Waals surface area contributed by atoms with E-state index in [2.05, 4.69) is 49.5 Å². The minimum atomic E-state index is -0.380. The van der Waals surface area contributed by atoms with E-state index in [1.807, 2.05) is 45.0 Å². The van der Waals surface area contributed by atoms with Gasteiger partial charge in [-0.2, -0.15) is 0 Å². The number of nitrogens with zero attached hydrogens (tertiary/aromatic N) is 4. The van der Waals surface area contributed by atoms with Crippen LogP contribution in [0.25, 0.3) is 26.4 Å². The van der Waals surface area contributed by atoms with Crippen LogP contribution in [0.3, 0.4) is 0 Å². The monoisotopic (exact) mass is 580 g/mol. The number of benzene rings is 2. The summed E-state index contributed by atoms with van der Waals surface area (Å²) in [6.45, 7) is 10.8. The third kappa shape index (κ3) is 6.15. The zero-order chi connectivity index (χ0) is 27.0. The zero-order valence-corrected chi connectivity index (χ0v) is 24.4. The molecular formula is C29H33ClN6O3S. The summed E-state index contributed by atoms with van der Waals surface area (Å²) in [5.41, 5.74) is 4.89. The van der Waals surface area contributed by atoms with Gasteiger partial charge in [0.15, 0.2) is 10.8 Å². The number of hydrogen-bond donors (Lipinski definition) is 2. The van der Waals surface area contributed by atoms with Crippen LogP contribution in [0, 0.1) is 0 Å². The van der Waals surface area contributed by atoms with E-state index in [1.54, 1.807) is 17.4 Å². The normalized spacial score (nSPS) is 14.4. The Morgan fingerprint density at radius 3 is 2.55 bits per heavy atom. The minimum Gasteiger partial charge on any atom is -0.379 e. The molecule has 210 valence electrons. The van der Waals surface area contributed by atoms with Gasteiger partial charge in [-0.25, -0.2) is 9.78 Å². The standard InChI is InChI=1S/C29H32N6O3S.ClH/c1-29(2,3)25-17-26(33-38-25)32-27(36)30-21-7-5-20(6-8-21)22-18-35-23-9-4-19(16-24(23)39-28(35)31-22)10-11-34-12-14-37-15-13-34;/h4-9,16-18H,10-15H2,1-3H3,(H2,30,32,33,36);1H. The summed E-state index contributed by atoms with van der Waals surface area (Å²) in [7, 11) is 0. The second-order valence-electron chi connectivity index (χ2n) is 10.9. The van der Waals surface area contributed by atoms with Crippen molar-refractivity contribution in [2.75, 3.05) is 43.5 Å². The highest BCUT2D eigenvalue weighted by Gasteiger charge is 2.20. The third-order valence-electron chi connectivity index (χ3n) is 6.91. The Balaban J connectivity index is 0.00000323. The fourth-order valence-corrected chi connectivity index (χ4v) is 5.71. The van der Waals surface area contributed by atoms with Crippen molar-refractivity contribution in [1.82, 2.24) is 19.4 Å². The number of fused-ring (bicyclic) bond motifs is 3. The molecule has 9 nitrogen and oxygen atoms in total. The van der Waals surface area contributed by atoms with Crippen LogP contribution in [0.4, 0.5) is 16.3 Å². The van der Waals surface area contributed by atoms with Crippen LogP contribution >= 0.6 is 23.7 Å². The number of imidazole rings is 1. The Kier molecular flexibility index (Phi) is 8.14. The van der Waals surface area contributed by atoms with Crippen LogP contribution in [0.15, 0.2) is 59.3 Å². The fraction of sp³-hybridized carbons (Fsp3) is 0.345. The third-order valence-corrected chi connectivity index (χ3v) is 7.93. The molecule has 1 saturated heterocycles. The first-order valence-corrected chi connectivity index (χ1v) is 14.0. The molecule has 2 aromatic carbocycles. The summed E-state index contributed by atoms with van der Waals surface area (Å²) in [4.78, 5) is 20.7. The lowest BCUT2D eigenvalue weighted by molar-refractivity contribution is 0.0384. The first kappa shape index (κ1) is 28.1. The van der Waals surface area contributed by atoms with E-state index >= 15 is 0 Å². The molecule has 1 fully saturated rings. The van der Waals surface area contributed by atoms with Gasteiger partial charge in [-0.1, -0.05) is 55.5 Å². The first-order chi connectivity index (χ1) is 18.8. The van der Waals surface area contributed by atoms with Gasteiger partial charge in [0.2, 0.25) is 0 Å². The van der Waals surface area contributed by atoms with Crippen LogP contribution < -0.4 is 10.6 Å². The number of rotatable bonds is 6. The molecule has 3 aromatic heterocycles. The molecule has 2 amide bonds. The van der Waals surface area contributed by atoms with E-state index in [1.165, 1.54) is 15.8 Å². The van der Waals surface area contributed by atoms with E-state index in [4.69, 9.17) is 14.2 Å². The molecule has 6 rings (SSSR count). The van der Waals surface area contributed by atoms with E-state index in [9.17, 15) is 4.79 Å². The van der Waals surface area contributed by atoms with E-state index < -0.39 is 0 Å². The van der Waals surface area contributed by atoms with Gasteiger partial charge in [-0.3, -0.25) is 14.6 Å². The molecule has 1 aliphatic heterocycles. The number of nitrogens with one attached hydrogen (secondary N) is 2. The van der Waals surface area contributed by atoms with Gasteiger partial charge in [0.1, 0.15) is 5.76 Å². The molecule has 0 spiro atoms. The summed E-state index contributed by atoms with van der Waals surface area (Å²) in [5.74, 6) is 1.09. The molecule has 0 atom stereocenters. The molecule has 5 aromatic rings. The second-order valence-corrected chi connectivity index (χ2v) is 11.9. The topological polar surface area (TPSA) is 96.9 Å². The zero-order valence-electron chi connectivity index (χ0n) is 22.8. The maximum absolute atomic E-state index is 12.4. The number of halogens is 1. The van der Waals surface area contributed by atoms with Gasteiger partial charge in [0.25, 0.3) is 0 Å². The smallest absolute Gasteiger partial charge is 0.324 e. The lowest BCUT2D eigenvalue weighted by atomic mass is 9.93.